The molecule has 1 aliphatic carbocycles. The molecule has 1 heterocycles. The topological polar surface area (TPSA) is 76.8 Å². The first kappa shape index (κ1) is 20.9. The SMILES string of the molecule is COc1cc(CNCC2(N3CCCCC3)CCCCC2)ccc1OCC(N)=O. The quantitative estimate of drug-likeness (QED) is 0.679. The summed E-state index contributed by atoms with van der Waals surface area (Å²) in [6, 6.07) is 5.83. The van der Waals surface area contributed by atoms with Crippen LogP contribution in [0, 0.1) is 0 Å². The lowest BCUT2D eigenvalue weighted by Gasteiger charge is -2.48. The smallest absolute Gasteiger partial charge is 0.255 e. The second kappa shape index (κ2) is 10.1. The molecule has 0 radical (unpaired) electrons. The van der Waals surface area contributed by atoms with Crippen molar-refractivity contribution in [2.45, 2.75) is 63.5 Å². The predicted molar refractivity (Wildman–Crippen MR) is 111 cm³/mol. The summed E-state index contributed by atoms with van der Waals surface area (Å²) in [6.07, 6.45) is 10.7. The molecule has 2 fully saturated rings. The maximum absolute atomic E-state index is 10.9. The highest BCUT2D eigenvalue weighted by atomic mass is 16.5. The van der Waals surface area contributed by atoms with Gasteiger partial charge in [-0.2, -0.15) is 0 Å². The number of ether oxygens (including phenoxy) is 2. The minimum absolute atomic E-state index is 0.147. The molecule has 1 saturated carbocycles. The van der Waals surface area contributed by atoms with Gasteiger partial charge in [-0.3, -0.25) is 9.69 Å². The Morgan fingerprint density at radius 1 is 1.11 bits per heavy atom. The standard InChI is InChI=1S/C22H35N3O3/c1-27-20-14-18(8-9-19(20)28-16-21(23)26)15-24-17-22(10-4-2-5-11-22)25-12-6-3-7-13-25/h8-9,14,24H,2-7,10-13,15-17H2,1H3,(H2,23,26). The fraction of sp³-hybridized carbons (Fsp3) is 0.682. The number of methoxy groups -OCH3 is 1. The molecule has 1 amide bonds. The minimum Gasteiger partial charge on any atom is -0.493 e. The van der Waals surface area contributed by atoms with Crippen LogP contribution < -0.4 is 20.5 Å². The van der Waals surface area contributed by atoms with E-state index >= 15 is 0 Å². The van der Waals surface area contributed by atoms with E-state index in [1.54, 1.807) is 7.11 Å². The van der Waals surface area contributed by atoms with E-state index in [1.807, 2.05) is 18.2 Å². The van der Waals surface area contributed by atoms with Gasteiger partial charge in [0.1, 0.15) is 0 Å². The van der Waals surface area contributed by atoms with Gasteiger partial charge in [-0.15, -0.1) is 0 Å². The molecule has 1 aromatic carbocycles. The van der Waals surface area contributed by atoms with E-state index in [2.05, 4.69) is 10.2 Å². The summed E-state index contributed by atoms with van der Waals surface area (Å²) in [6.45, 7) is 4.19. The van der Waals surface area contributed by atoms with Crippen molar-refractivity contribution < 1.29 is 14.3 Å². The molecule has 156 valence electrons. The van der Waals surface area contributed by atoms with Gasteiger partial charge < -0.3 is 20.5 Å². The van der Waals surface area contributed by atoms with Crippen molar-refractivity contribution in [1.82, 2.24) is 10.2 Å². The zero-order valence-corrected chi connectivity index (χ0v) is 17.2. The normalized spacial score (nSPS) is 19.9. The second-order valence-corrected chi connectivity index (χ2v) is 8.18. The predicted octanol–water partition coefficient (Wildman–Crippen LogP) is 2.84. The maximum atomic E-state index is 10.9. The van der Waals surface area contributed by atoms with Crippen molar-refractivity contribution >= 4 is 5.91 Å². The van der Waals surface area contributed by atoms with E-state index in [9.17, 15) is 4.79 Å². The Hall–Kier alpha value is -1.79. The molecular formula is C22H35N3O3. The van der Waals surface area contributed by atoms with Crippen molar-refractivity contribution in [2.24, 2.45) is 5.73 Å². The third-order valence-corrected chi connectivity index (χ3v) is 6.19. The lowest BCUT2D eigenvalue weighted by atomic mass is 9.79. The van der Waals surface area contributed by atoms with Crippen LogP contribution >= 0.6 is 0 Å². The Morgan fingerprint density at radius 2 is 1.82 bits per heavy atom. The summed E-state index contributed by atoms with van der Waals surface area (Å²) in [5.74, 6) is 0.675. The molecule has 0 atom stereocenters. The highest BCUT2D eigenvalue weighted by Gasteiger charge is 2.37. The number of benzene rings is 1. The summed E-state index contributed by atoms with van der Waals surface area (Å²) in [4.78, 5) is 13.7. The van der Waals surface area contributed by atoms with E-state index in [4.69, 9.17) is 15.2 Å². The van der Waals surface area contributed by atoms with Gasteiger partial charge >= 0.3 is 0 Å². The lowest BCUT2D eigenvalue weighted by Crippen LogP contribution is -2.57. The van der Waals surface area contributed by atoms with Crippen LogP contribution in [0.15, 0.2) is 18.2 Å². The average Bonchev–Trinajstić information content (AvgIpc) is 2.74. The molecule has 2 aliphatic rings. The first-order chi connectivity index (χ1) is 13.6. The number of carbonyl (C=O) groups is 1. The summed E-state index contributed by atoms with van der Waals surface area (Å²) in [5.41, 5.74) is 6.63. The van der Waals surface area contributed by atoms with Crippen molar-refractivity contribution in [1.29, 1.82) is 0 Å². The molecule has 1 aromatic rings. The highest BCUT2D eigenvalue weighted by molar-refractivity contribution is 5.75. The molecule has 6 heteroatoms. The molecule has 3 rings (SSSR count). The Morgan fingerprint density at radius 3 is 2.50 bits per heavy atom. The summed E-state index contributed by atoms with van der Waals surface area (Å²) in [7, 11) is 1.61. The van der Waals surface area contributed by atoms with Gasteiger partial charge in [-0.25, -0.2) is 0 Å². The number of nitrogens with zero attached hydrogens (tertiary/aromatic N) is 1. The van der Waals surface area contributed by atoms with E-state index in [1.165, 1.54) is 64.5 Å². The maximum Gasteiger partial charge on any atom is 0.255 e. The molecule has 0 unspecified atom stereocenters. The molecular weight excluding hydrogens is 354 g/mol. The van der Waals surface area contributed by atoms with E-state index in [-0.39, 0.29) is 6.61 Å². The number of hydrogen-bond acceptors (Lipinski definition) is 5. The molecule has 0 spiro atoms. The van der Waals surface area contributed by atoms with Crippen molar-refractivity contribution in [3.63, 3.8) is 0 Å². The van der Waals surface area contributed by atoms with Crippen LogP contribution in [-0.4, -0.2) is 49.7 Å². The monoisotopic (exact) mass is 389 g/mol. The van der Waals surface area contributed by atoms with Crippen LogP contribution in [0.1, 0.15) is 56.9 Å². The average molecular weight is 390 g/mol. The number of nitrogens with two attached hydrogens (primary N) is 1. The minimum atomic E-state index is -0.497. The van der Waals surface area contributed by atoms with E-state index in [0.29, 0.717) is 17.0 Å². The number of nitrogens with one attached hydrogen (secondary N) is 1. The third-order valence-electron chi connectivity index (χ3n) is 6.19. The third kappa shape index (κ3) is 5.39. The molecule has 1 aliphatic heterocycles. The summed E-state index contributed by atoms with van der Waals surface area (Å²) >= 11 is 0. The van der Waals surface area contributed by atoms with Gasteiger partial charge in [0.2, 0.25) is 0 Å². The number of likely N-dealkylation sites (tertiary alicyclic amines) is 1. The number of piperidine rings is 1. The van der Waals surface area contributed by atoms with Gasteiger partial charge in [0, 0.05) is 18.6 Å². The molecule has 0 bridgehead atoms. The zero-order chi connectivity index (χ0) is 19.8. The van der Waals surface area contributed by atoms with Gasteiger partial charge in [-0.1, -0.05) is 31.7 Å². The van der Waals surface area contributed by atoms with Crippen LogP contribution in [0.3, 0.4) is 0 Å². The van der Waals surface area contributed by atoms with Crippen LogP contribution in [0.4, 0.5) is 0 Å². The van der Waals surface area contributed by atoms with Crippen LogP contribution in [-0.2, 0) is 11.3 Å². The fourth-order valence-corrected chi connectivity index (χ4v) is 4.71. The van der Waals surface area contributed by atoms with Crippen molar-refractivity contribution in [3.8, 4) is 11.5 Å². The van der Waals surface area contributed by atoms with Crippen molar-refractivity contribution in [3.05, 3.63) is 23.8 Å². The van der Waals surface area contributed by atoms with Gasteiger partial charge in [0.05, 0.1) is 7.11 Å². The van der Waals surface area contributed by atoms with Gasteiger partial charge in [0.25, 0.3) is 5.91 Å². The first-order valence-electron chi connectivity index (χ1n) is 10.7. The van der Waals surface area contributed by atoms with Crippen LogP contribution in [0.25, 0.3) is 0 Å². The number of amides is 1. The number of carbonyl (C=O) groups excluding carboxylic acids is 1. The summed E-state index contributed by atoms with van der Waals surface area (Å²) < 4.78 is 10.8. The Balaban J connectivity index is 1.59. The summed E-state index contributed by atoms with van der Waals surface area (Å²) in [5, 5.41) is 3.72. The largest absolute Gasteiger partial charge is 0.493 e. The molecule has 0 aromatic heterocycles. The molecule has 6 nitrogen and oxygen atoms in total. The lowest BCUT2D eigenvalue weighted by molar-refractivity contribution is -0.119. The molecule has 28 heavy (non-hydrogen) atoms. The number of hydrogen-bond donors (Lipinski definition) is 2. The molecule has 3 N–H and O–H groups in total. The fourth-order valence-electron chi connectivity index (χ4n) is 4.71. The number of rotatable bonds is 9. The van der Waals surface area contributed by atoms with E-state index in [0.717, 1.165) is 18.7 Å². The van der Waals surface area contributed by atoms with Crippen LogP contribution in [0.2, 0.25) is 0 Å². The van der Waals surface area contributed by atoms with E-state index < -0.39 is 5.91 Å². The van der Waals surface area contributed by atoms with Crippen LogP contribution in [0.5, 0.6) is 11.5 Å². The first-order valence-corrected chi connectivity index (χ1v) is 10.7. The Kier molecular flexibility index (Phi) is 7.57. The second-order valence-electron chi connectivity index (χ2n) is 8.18. The van der Waals surface area contributed by atoms with Crippen molar-refractivity contribution in [2.75, 3.05) is 33.4 Å². The molecule has 1 saturated heterocycles. The zero-order valence-electron chi connectivity index (χ0n) is 17.2. The van der Waals surface area contributed by atoms with Gasteiger partial charge in [-0.05, 0) is 56.5 Å². The highest BCUT2D eigenvalue weighted by Crippen LogP contribution is 2.35. The van der Waals surface area contributed by atoms with Gasteiger partial charge in [0.15, 0.2) is 18.1 Å². The Labute approximate surface area is 168 Å². The Bertz CT molecular complexity index is 638. The number of primary amides is 1.